The second-order valence-corrected chi connectivity index (χ2v) is 8.27. The van der Waals surface area contributed by atoms with Crippen LogP contribution in [0.2, 0.25) is 5.02 Å². The molecular formula is C17H18ClFN2O4S. The van der Waals surface area contributed by atoms with E-state index < -0.39 is 21.7 Å². The molecule has 0 spiro atoms. The standard InChI is InChI=1S/C17H18ClFN2O4S/c1-10(2)9-25-17-14(18)6-12(8-20-17)13-5-4-11(7-15(13)19)16(22)21-26(3,23)24/h4-8,10H,9H2,1-3H3,(H,21,22). The lowest BCUT2D eigenvalue weighted by atomic mass is 10.0. The lowest BCUT2D eigenvalue weighted by Crippen LogP contribution is -2.29. The first-order valence-corrected chi connectivity index (χ1v) is 9.94. The molecule has 0 saturated carbocycles. The van der Waals surface area contributed by atoms with Gasteiger partial charge in [-0.15, -0.1) is 0 Å². The number of benzene rings is 1. The Morgan fingerprint density at radius 2 is 2.04 bits per heavy atom. The quantitative estimate of drug-likeness (QED) is 0.804. The van der Waals surface area contributed by atoms with E-state index in [0.717, 1.165) is 12.3 Å². The van der Waals surface area contributed by atoms with Crippen molar-refractivity contribution in [1.29, 1.82) is 0 Å². The monoisotopic (exact) mass is 400 g/mol. The summed E-state index contributed by atoms with van der Waals surface area (Å²) < 4.78 is 43.8. The van der Waals surface area contributed by atoms with Crippen molar-refractivity contribution in [3.8, 4) is 17.0 Å². The van der Waals surface area contributed by atoms with Gasteiger partial charge in [0.05, 0.1) is 12.9 Å². The van der Waals surface area contributed by atoms with Crippen LogP contribution in [-0.4, -0.2) is 32.2 Å². The summed E-state index contributed by atoms with van der Waals surface area (Å²) in [6.07, 6.45) is 2.25. The Bertz CT molecular complexity index is 932. The predicted molar refractivity (Wildman–Crippen MR) is 97.3 cm³/mol. The van der Waals surface area contributed by atoms with Crippen molar-refractivity contribution in [1.82, 2.24) is 9.71 Å². The van der Waals surface area contributed by atoms with Crippen LogP contribution in [0.4, 0.5) is 4.39 Å². The Labute approximate surface area is 156 Å². The number of nitrogens with one attached hydrogen (secondary N) is 1. The lowest BCUT2D eigenvalue weighted by Gasteiger charge is -2.11. The van der Waals surface area contributed by atoms with Crippen LogP contribution in [0.25, 0.3) is 11.1 Å². The van der Waals surface area contributed by atoms with Crippen molar-refractivity contribution in [3.63, 3.8) is 0 Å². The molecule has 2 aromatic rings. The minimum Gasteiger partial charge on any atom is -0.476 e. The van der Waals surface area contributed by atoms with E-state index in [1.165, 1.54) is 24.4 Å². The number of aromatic nitrogens is 1. The predicted octanol–water partition coefficient (Wildman–Crippen LogP) is 3.27. The van der Waals surface area contributed by atoms with Gasteiger partial charge in [0.1, 0.15) is 10.8 Å². The second kappa shape index (κ2) is 8.01. The fourth-order valence-electron chi connectivity index (χ4n) is 2.04. The molecule has 6 nitrogen and oxygen atoms in total. The van der Waals surface area contributed by atoms with Gasteiger partial charge < -0.3 is 4.74 Å². The molecule has 0 radical (unpaired) electrons. The lowest BCUT2D eigenvalue weighted by molar-refractivity contribution is 0.0981. The van der Waals surface area contributed by atoms with E-state index in [4.69, 9.17) is 16.3 Å². The third-order valence-corrected chi connectivity index (χ3v) is 4.01. The summed E-state index contributed by atoms with van der Waals surface area (Å²) in [6, 6.07) is 5.14. The minimum atomic E-state index is -3.73. The number of hydrogen-bond acceptors (Lipinski definition) is 5. The van der Waals surface area contributed by atoms with E-state index >= 15 is 0 Å². The summed E-state index contributed by atoms with van der Waals surface area (Å²) in [5.74, 6) is -1.06. The maximum atomic E-state index is 14.4. The number of sulfonamides is 1. The summed E-state index contributed by atoms with van der Waals surface area (Å²) in [5.41, 5.74) is 0.456. The third-order valence-electron chi connectivity index (χ3n) is 3.18. The van der Waals surface area contributed by atoms with E-state index in [1.807, 2.05) is 13.8 Å². The van der Waals surface area contributed by atoms with Gasteiger partial charge >= 0.3 is 0 Å². The van der Waals surface area contributed by atoms with Crippen molar-refractivity contribution in [2.75, 3.05) is 12.9 Å². The summed E-state index contributed by atoms with van der Waals surface area (Å²) in [6.45, 7) is 4.42. The van der Waals surface area contributed by atoms with Crippen LogP contribution >= 0.6 is 11.6 Å². The number of rotatable bonds is 6. The number of nitrogens with zero attached hydrogens (tertiary/aromatic N) is 1. The third kappa shape index (κ3) is 5.40. The van der Waals surface area contributed by atoms with Gasteiger partial charge in [-0.3, -0.25) is 4.79 Å². The molecule has 0 aliphatic rings. The van der Waals surface area contributed by atoms with Gasteiger partial charge in [0.25, 0.3) is 5.91 Å². The normalized spacial score (nSPS) is 11.5. The molecule has 1 heterocycles. The zero-order valence-electron chi connectivity index (χ0n) is 14.4. The van der Waals surface area contributed by atoms with E-state index in [2.05, 4.69) is 4.98 Å². The Kier molecular flexibility index (Phi) is 6.20. The summed E-state index contributed by atoms with van der Waals surface area (Å²) in [7, 11) is -3.73. The van der Waals surface area contributed by atoms with Crippen molar-refractivity contribution in [2.45, 2.75) is 13.8 Å². The molecule has 1 N–H and O–H groups in total. The van der Waals surface area contributed by atoms with Crippen molar-refractivity contribution >= 4 is 27.5 Å². The van der Waals surface area contributed by atoms with Crippen molar-refractivity contribution in [3.05, 3.63) is 46.9 Å². The summed E-state index contributed by atoms with van der Waals surface area (Å²) >= 11 is 6.13. The second-order valence-electron chi connectivity index (χ2n) is 6.11. The van der Waals surface area contributed by atoms with E-state index in [9.17, 15) is 17.6 Å². The van der Waals surface area contributed by atoms with Crippen LogP contribution in [0.1, 0.15) is 24.2 Å². The molecule has 0 aliphatic carbocycles. The Morgan fingerprint density at radius 1 is 1.35 bits per heavy atom. The molecule has 0 saturated heterocycles. The molecule has 140 valence electrons. The highest BCUT2D eigenvalue weighted by Gasteiger charge is 2.15. The molecular weight excluding hydrogens is 383 g/mol. The maximum Gasteiger partial charge on any atom is 0.264 e. The maximum absolute atomic E-state index is 14.4. The Hall–Kier alpha value is -2.19. The highest BCUT2D eigenvalue weighted by atomic mass is 35.5. The molecule has 0 fully saturated rings. The van der Waals surface area contributed by atoms with Gasteiger partial charge in [-0.1, -0.05) is 31.5 Å². The molecule has 0 aliphatic heterocycles. The number of hydrogen-bond donors (Lipinski definition) is 1. The van der Waals surface area contributed by atoms with Gasteiger partial charge in [0, 0.05) is 22.9 Å². The highest BCUT2D eigenvalue weighted by Crippen LogP contribution is 2.30. The number of pyridine rings is 1. The molecule has 1 aromatic carbocycles. The highest BCUT2D eigenvalue weighted by molar-refractivity contribution is 7.89. The van der Waals surface area contributed by atoms with Gasteiger partial charge in [-0.05, 0) is 24.1 Å². The SMILES string of the molecule is CC(C)COc1ncc(-c2ccc(C(=O)NS(C)(=O)=O)cc2F)cc1Cl. The zero-order valence-corrected chi connectivity index (χ0v) is 16.0. The molecule has 0 atom stereocenters. The smallest absolute Gasteiger partial charge is 0.264 e. The number of carbonyl (C=O) groups excluding carboxylic acids is 1. The fraction of sp³-hybridized carbons (Fsp3) is 0.294. The summed E-state index contributed by atoms with van der Waals surface area (Å²) in [5, 5.41) is 0.237. The van der Waals surface area contributed by atoms with Crippen LogP contribution in [0.15, 0.2) is 30.5 Å². The van der Waals surface area contributed by atoms with Crippen LogP contribution < -0.4 is 9.46 Å². The number of halogens is 2. The fourth-order valence-corrected chi connectivity index (χ4v) is 2.72. The molecule has 0 unspecified atom stereocenters. The Balaban J connectivity index is 2.27. The van der Waals surface area contributed by atoms with Crippen LogP contribution in [0.3, 0.4) is 0 Å². The van der Waals surface area contributed by atoms with Crippen LogP contribution in [0.5, 0.6) is 5.88 Å². The number of amides is 1. The van der Waals surface area contributed by atoms with E-state index in [1.54, 1.807) is 4.72 Å². The first kappa shape index (κ1) is 20.1. The first-order valence-electron chi connectivity index (χ1n) is 7.67. The molecule has 9 heteroatoms. The van der Waals surface area contributed by atoms with Crippen LogP contribution in [-0.2, 0) is 10.0 Å². The molecule has 1 amide bonds. The largest absolute Gasteiger partial charge is 0.476 e. The zero-order chi connectivity index (χ0) is 19.5. The molecule has 0 bridgehead atoms. The van der Waals surface area contributed by atoms with Gasteiger partial charge in [-0.2, -0.15) is 0 Å². The first-order chi connectivity index (χ1) is 12.1. The van der Waals surface area contributed by atoms with Gasteiger partial charge in [0.15, 0.2) is 0 Å². The molecule has 2 rings (SSSR count). The van der Waals surface area contributed by atoms with Crippen molar-refractivity contribution < 1.29 is 22.3 Å². The topological polar surface area (TPSA) is 85.4 Å². The van der Waals surface area contributed by atoms with Gasteiger partial charge in [0.2, 0.25) is 15.9 Å². The Morgan fingerprint density at radius 3 is 2.58 bits per heavy atom. The van der Waals surface area contributed by atoms with E-state index in [-0.39, 0.29) is 22.0 Å². The molecule has 26 heavy (non-hydrogen) atoms. The molecule has 1 aromatic heterocycles. The minimum absolute atomic E-state index is 0.118. The van der Waals surface area contributed by atoms with Crippen LogP contribution in [0, 0.1) is 11.7 Å². The van der Waals surface area contributed by atoms with Crippen molar-refractivity contribution in [2.24, 2.45) is 5.92 Å². The number of ether oxygens (including phenoxy) is 1. The number of carbonyl (C=O) groups is 1. The van der Waals surface area contributed by atoms with Gasteiger partial charge in [-0.25, -0.2) is 22.5 Å². The van der Waals surface area contributed by atoms with E-state index in [0.29, 0.717) is 18.1 Å². The average Bonchev–Trinajstić information content (AvgIpc) is 2.51. The summed E-state index contributed by atoms with van der Waals surface area (Å²) in [4.78, 5) is 15.9. The average molecular weight is 401 g/mol.